The Morgan fingerprint density at radius 1 is 1.12 bits per heavy atom. The van der Waals surface area contributed by atoms with E-state index in [9.17, 15) is 13.9 Å². The molecule has 1 aromatic rings. The lowest BCUT2D eigenvalue weighted by Crippen LogP contribution is -2.12. The number of hydrogen-bond acceptors (Lipinski definition) is 3. The third kappa shape index (κ3) is 1.51. The minimum absolute atomic E-state index is 0.0648. The van der Waals surface area contributed by atoms with E-state index >= 15 is 0 Å². The van der Waals surface area contributed by atoms with Gasteiger partial charge in [-0.15, -0.1) is 0 Å². The summed E-state index contributed by atoms with van der Waals surface area (Å²) in [6.45, 7) is 0. The molecule has 5 heteroatoms. The molecule has 0 unspecified atom stereocenters. The van der Waals surface area contributed by atoms with Crippen molar-refractivity contribution in [1.29, 1.82) is 0 Å². The van der Waals surface area contributed by atoms with Crippen LogP contribution in [0.25, 0.3) is 0 Å². The predicted octanol–water partition coefficient (Wildman–Crippen LogP) is 1.96. The van der Waals surface area contributed by atoms with Gasteiger partial charge in [0.25, 0.3) is 0 Å². The molecule has 0 aliphatic heterocycles. The van der Waals surface area contributed by atoms with Crippen LogP contribution in [-0.2, 0) is 5.60 Å². The molecule has 3 nitrogen and oxygen atoms in total. The van der Waals surface area contributed by atoms with Crippen LogP contribution < -0.4 is 9.47 Å². The summed E-state index contributed by atoms with van der Waals surface area (Å²) in [6, 6.07) is 0.687. The SMILES string of the molecule is COc1c(F)cc(F)c(OC)c1C1(O)CC1. The molecule has 0 saturated heterocycles. The summed E-state index contributed by atoms with van der Waals surface area (Å²) in [4.78, 5) is 0. The molecule has 0 spiro atoms. The summed E-state index contributed by atoms with van der Waals surface area (Å²) in [5.41, 5.74) is -1.16. The molecule has 0 bridgehead atoms. The molecule has 0 aromatic heterocycles. The van der Waals surface area contributed by atoms with Crippen LogP contribution in [0.5, 0.6) is 11.5 Å². The van der Waals surface area contributed by atoms with Gasteiger partial charge in [0.1, 0.15) is 0 Å². The topological polar surface area (TPSA) is 38.7 Å². The van der Waals surface area contributed by atoms with E-state index in [-0.39, 0.29) is 17.1 Å². The summed E-state index contributed by atoms with van der Waals surface area (Å²) < 4.78 is 36.6. The highest BCUT2D eigenvalue weighted by Crippen LogP contribution is 2.53. The lowest BCUT2D eigenvalue weighted by atomic mass is 10.0. The van der Waals surface area contributed by atoms with Gasteiger partial charge in [0.15, 0.2) is 23.1 Å². The van der Waals surface area contributed by atoms with Crippen molar-refractivity contribution in [3.63, 3.8) is 0 Å². The molecule has 0 heterocycles. The number of hydrogen-bond donors (Lipinski definition) is 1. The number of benzene rings is 1. The normalized spacial score (nSPS) is 17.1. The first-order chi connectivity index (χ1) is 7.53. The summed E-state index contributed by atoms with van der Waals surface area (Å²) in [5.74, 6) is -1.98. The Labute approximate surface area is 91.6 Å². The van der Waals surface area contributed by atoms with Crippen LogP contribution in [0.2, 0.25) is 0 Å². The van der Waals surface area contributed by atoms with Crippen LogP contribution in [0.4, 0.5) is 8.78 Å². The quantitative estimate of drug-likeness (QED) is 0.862. The Morgan fingerprint density at radius 2 is 1.56 bits per heavy atom. The van der Waals surface area contributed by atoms with Crippen LogP contribution in [-0.4, -0.2) is 19.3 Å². The lowest BCUT2D eigenvalue weighted by Gasteiger charge is -2.18. The molecular weight excluding hydrogens is 218 g/mol. The van der Waals surface area contributed by atoms with Gasteiger partial charge in [-0.05, 0) is 12.8 Å². The van der Waals surface area contributed by atoms with E-state index in [1.807, 2.05) is 0 Å². The zero-order valence-electron chi connectivity index (χ0n) is 9.01. The maximum Gasteiger partial charge on any atom is 0.168 e. The summed E-state index contributed by atoms with van der Waals surface area (Å²) >= 11 is 0. The molecule has 1 N–H and O–H groups in total. The fourth-order valence-electron chi connectivity index (χ4n) is 1.77. The van der Waals surface area contributed by atoms with Gasteiger partial charge in [-0.3, -0.25) is 0 Å². The van der Waals surface area contributed by atoms with Crippen molar-refractivity contribution in [3.8, 4) is 11.5 Å². The largest absolute Gasteiger partial charge is 0.493 e. The van der Waals surface area contributed by atoms with Crippen molar-refractivity contribution in [2.24, 2.45) is 0 Å². The van der Waals surface area contributed by atoms with E-state index < -0.39 is 17.2 Å². The van der Waals surface area contributed by atoms with Crippen molar-refractivity contribution in [1.82, 2.24) is 0 Å². The summed E-state index contributed by atoms with van der Waals surface area (Å²) in [7, 11) is 2.54. The minimum Gasteiger partial charge on any atom is -0.493 e. The number of halogens is 2. The molecule has 16 heavy (non-hydrogen) atoms. The number of aliphatic hydroxyl groups is 1. The lowest BCUT2D eigenvalue weighted by molar-refractivity contribution is 0.140. The van der Waals surface area contributed by atoms with E-state index in [4.69, 9.17) is 9.47 Å². The Bertz CT molecular complexity index is 399. The maximum atomic E-state index is 13.5. The Kier molecular flexibility index (Phi) is 2.50. The molecule has 1 aliphatic carbocycles. The van der Waals surface area contributed by atoms with Crippen molar-refractivity contribution in [3.05, 3.63) is 23.3 Å². The third-order valence-corrected chi connectivity index (χ3v) is 2.74. The molecule has 1 saturated carbocycles. The van der Waals surface area contributed by atoms with Gasteiger partial charge in [-0.2, -0.15) is 0 Å². The van der Waals surface area contributed by atoms with Gasteiger partial charge < -0.3 is 14.6 Å². The summed E-state index contributed by atoms with van der Waals surface area (Å²) in [5, 5.41) is 9.98. The second-order valence-corrected chi connectivity index (χ2v) is 3.81. The molecule has 0 radical (unpaired) electrons. The predicted molar refractivity (Wildman–Crippen MR) is 52.6 cm³/mol. The second-order valence-electron chi connectivity index (χ2n) is 3.81. The zero-order valence-corrected chi connectivity index (χ0v) is 9.01. The van der Waals surface area contributed by atoms with E-state index in [0.717, 1.165) is 0 Å². The Balaban J connectivity index is 2.69. The highest BCUT2D eigenvalue weighted by Gasteiger charge is 2.48. The maximum absolute atomic E-state index is 13.5. The average Bonchev–Trinajstić information content (AvgIpc) is 2.97. The van der Waals surface area contributed by atoms with Crippen LogP contribution in [0.15, 0.2) is 6.07 Å². The van der Waals surface area contributed by atoms with E-state index in [1.165, 1.54) is 14.2 Å². The van der Waals surface area contributed by atoms with Crippen LogP contribution in [0.1, 0.15) is 18.4 Å². The number of methoxy groups -OCH3 is 2. The highest BCUT2D eigenvalue weighted by molar-refractivity contribution is 5.52. The number of rotatable bonds is 3. The van der Waals surface area contributed by atoms with Crippen molar-refractivity contribution >= 4 is 0 Å². The molecule has 1 fully saturated rings. The monoisotopic (exact) mass is 230 g/mol. The van der Waals surface area contributed by atoms with Crippen molar-refractivity contribution < 1.29 is 23.4 Å². The van der Waals surface area contributed by atoms with Gasteiger partial charge in [-0.25, -0.2) is 8.78 Å². The number of ether oxygens (including phenoxy) is 2. The van der Waals surface area contributed by atoms with Crippen molar-refractivity contribution in [2.45, 2.75) is 18.4 Å². The summed E-state index contributed by atoms with van der Waals surface area (Å²) in [6.07, 6.45) is 0.894. The molecule has 2 rings (SSSR count). The third-order valence-electron chi connectivity index (χ3n) is 2.74. The second kappa shape index (κ2) is 3.59. The van der Waals surface area contributed by atoms with Gasteiger partial charge in [0.05, 0.1) is 25.4 Å². The van der Waals surface area contributed by atoms with Gasteiger partial charge in [0, 0.05) is 6.07 Å². The molecule has 88 valence electrons. The van der Waals surface area contributed by atoms with Crippen molar-refractivity contribution in [2.75, 3.05) is 14.2 Å². The van der Waals surface area contributed by atoms with Gasteiger partial charge in [0.2, 0.25) is 0 Å². The fraction of sp³-hybridized carbons (Fsp3) is 0.455. The van der Waals surface area contributed by atoms with Gasteiger partial charge in [-0.1, -0.05) is 0 Å². The van der Waals surface area contributed by atoms with E-state index in [2.05, 4.69) is 0 Å². The molecular formula is C11H12F2O3. The van der Waals surface area contributed by atoms with Crippen LogP contribution >= 0.6 is 0 Å². The van der Waals surface area contributed by atoms with E-state index in [0.29, 0.717) is 18.9 Å². The molecule has 1 aliphatic rings. The van der Waals surface area contributed by atoms with Gasteiger partial charge >= 0.3 is 0 Å². The zero-order chi connectivity index (χ0) is 11.9. The first-order valence-corrected chi connectivity index (χ1v) is 4.86. The Hall–Kier alpha value is -1.36. The average molecular weight is 230 g/mol. The van der Waals surface area contributed by atoms with Crippen LogP contribution in [0, 0.1) is 11.6 Å². The standard InChI is InChI=1S/C11H12F2O3/c1-15-9-6(12)5-7(13)10(16-2)8(9)11(14)3-4-11/h5,14H,3-4H2,1-2H3. The first-order valence-electron chi connectivity index (χ1n) is 4.86. The first kappa shape index (κ1) is 11.1. The molecule has 0 amide bonds. The highest BCUT2D eigenvalue weighted by atomic mass is 19.1. The molecule has 1 aromatic carbocycles. The van der Waals surface area contributed by atoms with E-state index in [1.54, 1.807) is 0 Å². The minimum atomic E-state index is -1.22. The Morgan fingerprint density at radius 3 is 1.88 bits per heavy atom. The fourth-order valence-corrected chi connectivity index (χ4v) is 1.77. The molecule has 0 atom stereocenters. The smallest absolute Gasteiger partial charge is 0.168 e. The van der Waals surface area contributed by atoms with Crippen LogP contribution in [0.3, 0.4) is 0 Å².